The Bertz CT molecular complexity index is 429. The van der Waals surface area contributed by atoms with Gasteiger partial charge < -0.3 is 10.2 Å². The highest BCUT2D eigenvalue weighted by Crippen LogP contribution is 2.38. The van der Waals surface area contributed by atoms with Crippen molar-refractivity contribution in [2.75, 3.05) is 11.9 Å². The van der Waals surface area contributed by atoms with Crippen LogP contribution in [0.15, 0.2) is 0 Å². The highest BCUT2D eigenvalue weighted by atomic mass is 32.1. The molecular weight excluding hydrogens is 266 g/mol. The fourth-order valence-corrected chi connectivity index (χ4v) is 4.51. The van der Waals surface area contributed by atoms with Crippen molar-refractivity contribution < 1.29 is 0 Å². The van der Waals surface area contributed by atoms with Crippen LogP contribution in [-0.2, 0) is 6.54 Å². The molecule has 2 heterocycles. The highest BCUT2D eigenvalue weighted by molar-refractivity contribution is 7.15. The maximum absolute atomic E-state index is 5.03. The predicted octanol–water partition coefficient (Wildman–Crippen LogP) is 4.14. The lowest BCUT2D eigenvalue weighted by molar-refractivity contribution is 0.622. The van der Waals surface area contributed by atoms with Crippen LogP contribution in [0.25, 0.3) is 0 Å². The second-order valence-corrected chi connectivity index (χ2v) is 7.10. The minimum Gasteiger partial charge on any atom is -0.342 e. The fourth-order valence-electron chi connectivity index (χ4n) is 3.14. The van der Waals surface area contributed by atoms with Gasteiger partial charge in [-0.2, -0.15) is 0 Å². The van der Waals surface area contributed by atoms with Gasteiger partial charge in [0.15, 0.2) is 5.13 Å². The van der Waals surface area contributed by atoms with Gasteiger partial charge in [0.25, 0.3) is 0 Å². The third kappa shape index (κ3) is 3.01. The maximum Gasteiger partial charge on any atom is 0.186 e. The van der Waals surface area contributed by atoms with Gasteiger partial charge in [-0.25, -0.2) is 4.98 Å². The number of rotatable bonds is 6. The first kappa shape index (κ1) is 15.8. The van der Waals surface area contributed by atoms with Gasteiger partial charge in [0, 0.05) is 23.5 Å². The molecule has 1 aliphatic heterocycles. The van der Waals surface area contributed by atoms with E-state index in [-0.39, 0.29) is 0 Å². The SMILES string of the molecule is CCC(C)c1nc(N2C(C)CCC2CC)sc1CNC. The van der Waals surface area contributed by atoms with Crippen molar-refractivity contribution in [3.63, 3.8) is 0 Å². The van der Waals surface area contributed by atoms with E-state index >= 15 is 0 Å². The number of aromatic nitrogens is 1. The first-order valence-corrected chi connectivity index (χ1v) is 8.86. The molecule has 1 fully saturated rings. The minimum atomic E-state index is 0.557. The second kappa shape index (κ2) is 6.90. The summed E-state index contributed by atoms with van der Waals surface area (Å²) >= 11 is 1.90. The van der Waals surface area contributed by atoms with Crippen LogP contribution in [0.3, 0.4) is 0 Å². The van der Waals surface area contributed by atoms with Crippen LogP contribution in [0.4, 0.5) is 5.13 Å². The Kier molecular flexibility index (Phi) is 5.44. The molecule has 3 unspecified atom stereocenters. The van der Waals surface area contributed by atoms with Crippen LogP contribution in [0, 0.1) is 0 Å². The van der Waals surface area contributed by atoms with Gasteiger partial charge in [-0.05, 0) is 45.6 Å². The smallest absolute Gasteiger partial charge is 0.186 e. The van der Waals surface area contributed by atoms with Crippen molar-refractivity contribution in [3.8, 4) is 0 Å². The Hall–Kier alpha value is -0.610. The summed E-state index contributed by atoms with van der Waals surface area (Å²) in [7, 11) is 2.02. The lowest BCUT2D eigenvalue weighted by Crippen LogP contribution is -2.33. The van der Waals surface area contributed by atoms with E-state index in [9.17, 15) is 0 Å². The Balaban J connectivity index is 2.32. The molecule has 1 aromatic heterocycles. The van der Waals surface area contributed by atoms with E-state index in [1.165, 1.54) is 35.0 Å². The molecule has 20 heavy (non-hydrogen) atoms. The molecular formula is C16H29N3S. The van der Waals surface area contributed by atoms with Gasteiger partial charge in [0.2, 0.25) is 0 Å². The van der Waals surface area contributed by atoms with Crippen LogP contribution in [-0.4, -0.2) is 24.1 Å². The average molecular weight is 295 g/mol. The molecule has 1 saturated heterocycles. The standard InChI is InChI=1S/C16H29N3S/c1-6-11(3)15-14(10-17-5)20-16(18-15)19-12(4)8-9-13(19)7-2/h11-13,17H,6-10H2,1-5H3. The maximum atomic E-state index is 5.03. The number of hydrogen-bond donors (Lipinski definition) is 1. The third-order valence-corrected chi connectivity index (χ3v) is 5.70. The Labute approximate surface area is 127 Å². The number of hydrogen-bond acceptors (Lipinski definition) is 4. The molecule has 0 saturated carbocycles. The zero-order chi connectivity index (χ0) is 14.7. The van der Waals surface area contributed by atoms with Crippen molar-refractivity contribution in [1.82, 2.24) is 10.3 Å². The summed E-state index contributed by atoms with van der Waals surface area (Å²) in [6.07, 6.45) is 5.01. The fraction of sp³-hybridized carbons (Fsp3) is 0.812. The summed E-state index contributed by atoms with van der Waals surface area (Å²) in [6, 6.07) is 1.32. The normalized spacial score (nSPS) is 24.4. The molecule has 3 atom stereocenters. The Morgan fingerprint density at radius 2 is 2.15 bits per heavy atom. The van der Waals surface area contributed by atoms with E-state index in [0.717, 1.165) is 13.0 Å². The van der Waals surface area contributed by atoms with Crippen LogP contribution in [0.2, 0.25) is 0 Å². The van der Waals surface area contributed by atoms with E-state index in [1.54, 1.807) is 0 Å². The third-order valence-electron chi connectivity index (χ3n) is 4.61. The summed E-state index contributed by atoms with van der Waals surface area (Å²) in [6.45, 7) is 10.1. The van der Waals surface area contributed by atoms with Crippen LogP contribution in [0.1, 0.15) is 69.9 Å². The van der Waals surface area contributed by atoms with E-state index in [0.29, 0.717) is 18.0 Å². The first-order valence-electron chi connectivity index (χ1n) is 8.04. The molecule has 4 heteroatoms. The first-order chi connectivity index (χ1) is 9.62. The number of nitrogens with zero attached hydrogens (tertiary/aromatic N) is 2. The number of nitrogens with one attached hydrogen (secondary N) is 1. The van der Waals surface area contributed by atoms with Gasteiger partial charge in [-0.1, -0.05) is 20.8 Å². The Morgan fingerprint density at radius 3 is 2.75 bits per heavy atom. The van der Waals surface area contributed by atoms with E-state index < -0.39 is 0 Å². The van der Waals surface area contributed by atoms with Gasteiger partial charge >= 0.3 is 0 Å². The van der Waals surface area contributed by atoms with Gasteiger partial charge in [-0.3, -0.25) is 0 Å². The molecule has 1 aromatic rings. The molecule has 0 amide bonds. The van der Waals surface area contributed by atoms with Crippen LogP contribution >= 0.6 is 11.3 Å². The zero-order valence-corrected chi connectivity index (χ0v) is 14.4. The number of anilines is 1. The van der Waals surface area contributed by atoms with Crippen molar-refractivity contribution >= 4 is 16.5 Å². The summed E-state index contributed by atoms with van der Waals surface area (Å²) in [5, 5.41) is 4.55. The summed E-state index contributed by atoms with van der Waals surface area (Å²) in [4.78, 5) is 9.04. The highest BCUT2D eigenvalue weighted by Gasteiger charge is 2.32. The summed E-state index contributed by atoms with van der Waals surface area (Å²) in [5.74, 6) is 0.557. The van der Waals surface area contributed by atoms with Gasteiger partial charge in [0.1, 0.15) is 0 Å². The molecule has 3 nitrogen and oxygen atoms in total. The molecule has 0 aromatic carbocycles. The predicted molar refractivity (Wildman–Crippen MR) is 88.8 cm³/mol. The van der Waals surface area contributed by atoms with E-state index in [4.69, 9.17) is 4.98 Å². The van der Waals surface area contributed by atoms with E-state index in [2.05, 4.69) is 37.9 Å². The molecule has 0 aliphatic carbocycles. The Morgan fingerprint density at radius 1 is 1.40 bits per heavy atom. The van der Waals surface area contributed by atoms with Crippen LogP contribution in [0.5, 0.6) is 0 Å². The monoisotopic (exact) mass is 295 g/mol. The molecule has 1 N–H and O–H groups in total. The topological polar surface area (TPSA) is 28.2 Å². The van der Waals surface area contributed by atoms with Crippen LogP contribution < -0.4 is 10.2 Å². The van der Waals surface area contributed by atoms with Crippen molar-refractivity contribution in [2.45, 2.75) is 77.9 Å². The minimum absolute atomic E-state index is 0.557. The largest absolute Gasteiger partial charge is 0.342 e. The molecule has 2 rings (SSSR count). The zero-order valence-electron chi connectivity index (χ0n) is 13.6. The number of thiazole rings is 1. The van der Waals surface area contributed by atoms with Crippen molar-refractivity contribution in [2.24, 2.45) is 0 Å². The second-order valence-electron chi connectivity index (χ2n) is 6.04. The summed E-state index contributed by atoms with van der Waals surface area (Å²) < 4.78 is 0. The van der Waals surface area contributed by atoms with Crippen molar-refractivity contribution in [3.05, 3.63) is 10.6 Å². The van der Waals surface area contributed by atoms with Crippen molar-refractivity contribution in [1.29, 1.82) is 0 Å². The average Bonchev–Trinajstić information content (AvgIpc) is 3.01. The lowest BCUT2D eigenvalue weighted by atomic mass is 10.0. The molecule has 0 spiro atoms. The molecule has 0 bridgehead atoms. The van der Waals surface area contributed by atoms with E-state index in [1.807, 2.05) is 18.4 Å². The quantitative estimate of drug-likeness (QED) is 0.855. The molecule has 0 radical (unpaired) electrons. The summed E-state index contributed by atoms with van der Waals surface area (Å²) in [5.41, 5.74) is 1.32. The van der Waals surface area contributed by atoms with Gasteiger partial charge in [0.05, 0.1) is 5.69 Å². The molecule has 114 valence electrons. The molecule has 1 aliphatic rings. The lowest BCUT2D eigenvalue weighted by Gasteiger charge is -2.27. The van der Waals surface area contributed by atoms with Gasteiger partial charge in [-0.15, -0.1) is 11.3 Å².